The van der Waals surface area contributed by atoms with Gasteiger partial charge in [0.1, 0.15) is 18.1 Å². The number of aryl methyl sites for hydroxylation is 2. The second-order valence-electron chi connectivity index (χ2n) is 5.10. The van der Waals surface area contributed by atoms with E-state index in [2.05, 4.69) is 47.0 Å². The molecule has 0 aromatic heterocycles. The molecule has 0 aliphatic rings. The molecule has 0 fully saturated rings. The summed E-state index contributed by atoms with van der Waals surface area (Å²) in [6.07, 6.45) is 0.513. The average Bonchev–Trinajstić information content (AvgIpc) is 2.55. The quantitative estimate of drug-likeness (QED) is 0.720. The molecule has 0 bridgehead atoms. The number of benzene rings is 2. The lowest BCUT2D eigenvalue weighted by molar-refractivity contribution is 0.201. The van der Waals surface area contributed by atoms with Gasteiger partial charge in [-0.05, 0) is 65.3 Å². The molecule has 0 unspecified atom stereocenters. The summed E-state index contributed by atoms with van der Waals surface area (Å²) in [7, 11) is 1.53. The van der Waals surface area contributed by atoms with Gasteiger partial charge in [-0.1, -0.05) is 25.1 Å². The van der Waals surface area contributed by atoms with Crippen LogP contribution in [-0.4, -0.2) is 13.1 Å². The zero-order valence-corrected chi connectivity index (χ0v) is 15.6. The maximum Gasteiger partial charge on any atom is 0.412 e. The molecule has 2 rings (SSSR count). The molecule has 0 spiro atoms. The molecule has 4 nitrogen and oxygen atoms in total. The van der Waals surface area contributed by atoms with Crippen LogP contribution in [0.4, 0.5) is 4.79 Å². The number of hydrogen-bond acceptors (Lipinski definition) is 3. The Hall–Kier alpha value is -1.76. The Morgan fingerprint density at radius 1 is 1.22 bits per heavy atom. The van der Waals surface area contributed by atoms with Crippen LogP contribution in [0.2, 0.25) is 0 Å². The smallest absolute Gasteiger partial charge is 0.412 e. The van der Waals surface area contributed by atoms with E-state index in [1.807, 2.05) is 25.1 Å². The zero-order chi connectivity index (χ0) is 16.8. The summed E-state index contributed by atoms with van der Waals surface area (Å²) in [4.78, 5) is 11.5. The lowest BCUT2D eigenvalue weighted by Gasteiger charge is -2.14. The number of rotatable bonds is 5. The Balaban J connectivity index is 2.18. The second kappa shape index (κ2) is 8.19. The summed E-state index contributed by atoms with van der Waals surface area (Å²) in [6.45, 7) is 4.51. The van der Waals surface area contributed by atoms with Crippen molar-refractivity contribution in [3.05, 3.63) is 56.7 Å². The van der Waals surface area contributed by atoms with Crippen molar-refractivity contribution in [2.24, 2.45) is 0 Å². The van der Waals surface area contributed by atoms with Gasteiger partial charge in [0.05, 0.1) is 0 Å². The predicted octanol–water partition coefficient (Wildman–Crippen LogP) is 4.46. The first kappa shape index (κ1) is 17.6. The second-order valence-corrected chi connectivity index (χ2v) is 6.26. The first-order valence-electron chi connectivity index (χ1n) is 7.44. The molecular formula is C18H20INO3. The maximum atomic E-state index is 11.5. The molecule has 5 heteroatoms. The zero-order valence-electron chi connectivity index (χ0n) is 13.5. The van der Waals surface area contributed by atoms with Crippen molar-refractivity contribution in [2.75, 3.05) is 7.05 Å². The first-order chi connectivity index (χ1) is 11.0. The molecule has 0 saturated heterocycles. The van der Waals surface area contributed by atoms with Gasteiger partial charge in [-0.2, -0.15) is 0 Å². The molecule has 122 valence electrons. The fourth-order valence-corrected chi connectivity index (χ4v) is 2.80. The van der Waals surface area contributed by atoms with E-state index in [1.165, 1.54) is 12.6 Å². The Morgan fingerprint density at radius 3 is 2.65 bits per heavy atom. The molecule has 1 N–H and O–H groups in total. The third kappa shape index (κ3) is 4.60. The minimum absolute atomic E-state index is 0.345. The van der Waals surface area contributed by atoms with E-state index in [0.717, 1.165) is 26.9 Å². The van der Waals surface area contributed by atoms with Gasteiger partial charge in [-0.15, -0.1) is 0 Å². The van der Waals surface area contributed by atoms with Crippen LogP contribution in [0.5, 0.6) is 11.5 Å². The summed E-state index contributed by atoms with van der Waals surface area (Å²) in [6, 6.07) is 11.8. The number of ether oxygens (including phenoxy) is 2. The largest absolute Gasteiger partial charge is 0.488 e. The summed E-state index contributed by atoms with van der Waals surface area (Å²) >= 11 is 2.22. The third-order valence-corrected chi connectivity index (χ3v) is 4.51. The molecule has 0 aliphatic heterocycles. The van der Waals surface area contributed by atoms with E-state index < -0.39 is 6.09 Å². The first-order valence-corrected chi connectivity index (χ1v) is 8.52. The fourth-order valence-electron chi connectivity index (χ4n) is 2.17. The average molecular weight is 425 g/mol. The number of halogens is 1. The molecular weight excluding hydrogens is 405 g/mol. The van der Waals surface area contributed by atoms with Crippen LogP contribution >= 0.6 is 22.6 Å². The van der Waals surface area contributed by atoms with Crippen molar-refractivity contribution in [2.45, 2.75) is 26.9 Å². The van der Waals surface area contributed by atoms with Crippen LogP contribution in [-0.2, 0) is 13.0 Å². The number of carbonyl (C=O) groups excluding carboxylic acids is 1. The Kier molecular flexibility index (Phi) is 6.27. The van der Waals surface area contributed by atoms with Crippen molar-refractivity contribution in [3.8, 4) is 11.5 Å². The summed E-state index contributed by atoms with van der Waals surface area (Å²) in [5, 5.41) is 2.45. The summed E-state index contributed by atoms with van der Waals surface area (Å²) in [5.41, 5.74) is 3.24. The van der Waals surface area contributed by atoms with Crippen molar-refractivity contribution in [1.82, 2.24) is 5.32 Å². The minimum atomic E-state index is -0.489. The van der Waals surface area contributed by atoms with Crippen molar-refractivity contribution in [3.63, 3.8) is 0 Å². The highest BCUT2D eigenvalue weighted by molar-refractivity contribution is 14.1. The van der Waals surface area contributed by atoms with Gasteiger partial charge in [0.25, 0.3) is 0 Å². The molecule has 2 aromatic carbocycles. The highest BCUT2D eigenvalue weighted by Gasteiger charge is 2.12. The van der Waals surface area contributed by atoms with Gasteiger partial charge in [-0.3, -0.25) is 0 Å². The molecule has 0 heterocycles. The van der Waals surface area contributed by atoms with E-state index in [9.17, 15) is 4.79 Å². The van der Waals surface area contributed by atoms with Crippen LogP contribution < -0.4 is 14.8 Å². The Labute approximate surface area is 150 Å². The van der Waals surface area contributed by atoms with Crippen LogP contribution in [0.15, 0.2) is 36.4 Å². The standard InChI is InChI=1S/C18H20INO3/c1-4-13-8-9-16(12(2)10-13)22-11-14-15(19)6-5-7-17(14)23-18(21)20-3/h5-10H,4,11H2,1-3H3,(H,20,21). The molecule has 2 aromatic rings. The molecule has 1 amide bonds. The molecule has 0 radical (unpaired) electrons. The van der Waals surface area contributed by atoms with Gasteiger partial charge in [0.15, 0.2) is 0 Å². The summed E-state index contributed by atoms with van der Waals surface area (Å²) < 4.78 is 12.2. The number of hydrogen-bond donors (Lipinski definition) is 1. The van der Waals surface area contributed by atoms with Crippen LogP contribution in [0.25, 0.3) is 0 Å². The highest BCUT2D eigenvalue weighted by Crippen LogP contribution is 2.27. The van der Waals surface area contributed by atoms with Crippen LogP contribution in [0, 0.1) is 10.5 Å². The van der Waals surface area contributed by atoms with E-state index in [0.29, 0.717) is 12.4 Å². The third-order valence-electron chi connectivity index (χ3n) is 3.50. The fraction of sp³-hybridized carbons (Fsp3) is 0.278. The van der Waals surface area contributed by atoms with E-state index in [-0.39, 0.29) is 0 Å². The maximum absolute atomic E-state index is 11.5. The van der Waals surface area contributed by atoms with E-state index >= 15 is 0 Å². The van der Waals surface area contributed by atoms with Crippen LogP contribution in [0.3, 0.4) is 0 Å². The predicted molar refractivity (Wildman–Crippen MR) is 99.1 cm³/mol. The SMILES string of the molecule is CCc1ccc(OCc2c(I)cccc2OC(=O)NC)c(C)c1. The Morgan fingerprint density at radius 2 is 2.00 bits per heavy atom. The molecule has 0 aliphatic carbocycles. The molecule has 0 saturated carbocycles. The van der Waals surface area contributed by atoms with Gasteiger partial charge in [0, 0.05) is 16.2 Å². The number of amides is 1. The topological polar surface area (TPSA) is 47.6 Å². The number of nitrogens with one attached hydrogen (secondary N) is 1. The van der Waals surface area contributed by atoms with Crippen molar-refractivity contribution < 1.29 is 14.3 Å². The lowest BCUT2D eigenvalue weighted by atomic mass is 10.1. The number of carbonyl (C=O) groups is 1. The van der Waals surface area contributed by atoms with Crippen molar-refractivity contribution in [1.29, 1.82) is 0 Å². The van der Waals surface area contributed by atoms with Crippen LogP contribution in [0.1, 0.15) is 23.6 Å². The monoisotopic (exact) mass is 425 g/mol. The van der Waals surface area contributed by atoms with Crippen molar-refractivity contribution >= 4 is 28.7 Å². The minimum Gasteiger partial charge on any atom is -0.488 e. The van der Waals surface area contributed by atoms with Gasteiger partial charge >= 0.3 is 6.09 Å². The Bertz CT molecular complexity index is 701. The highest BCUT2D eigenvalue weighted by atomic mass is 127. The van der Waals surface area contributed by atoms with Gasteiger partial charge in [0.2, 0.25) is 0 Å². The van der Waals surface area contributed by atoms with E-state index in [4.69, 9.17) is 9.47 Å². The normalized spacial score (nSPS) is 10.3. The van der Waals surface area contributed by atoms with Gasteiger partial charge < -0.3 is 14.8 Å². The molecule has 23 heavy (non-hydrogen) atoms. The summed E-state index contributed by atoms with van der Waals surface area (Å²) in [5.74, 6) is 1.35. The lowest BCUT2D eigenvalue weighted by Crippen LogP contribution is -2.23. The van der Waals surface area contributed by atoms with Gasteiger partial charge in [-0.25, -0.2) is 4.79 Å². The van der Waals surface area contributed by atoms with E-state index in [1.54, 1.807) is 6.07 Å². The molecule has 0 atom stereocenters.